The number of ether oxygens (including phenoxy) is 1. The molecule has 0 aromatic heterocycles. The van der Waals surface area contributed by atoms with Gasteiger partial charge in [-0.1, -0.05) is 50.6 Å². The van der Waals surface area contributed by atoms with Crippen molar-refractivity contribution in [3.05, 3.63) is 88.2 Å². The summed E-state index contributed by atoms with van der Waals surface area (Å²) >= 11 is 6.35. The molecule has 1 saturated heterocycles. The van der Waals surface area contributed by atoms with Gasteiger partial charge in [0.05, 0.1) is 24.4 Å². The molecule has 210 valence electrons. The third-order valence-electron chi connectivity index (χ3n) is 7.96. The van der Waals surface area contributed by atoms with E-state index in [1.807, 2.05) is 24.3 Å². The van der Waals surface area contributed by atoms with E-state index in [-0.39, 0.29) is 34.5 Å². The maximum Gasteiger partial charge on any atom is 0.335 e. The normalized spacial score (nSPS) is 23.5. The first-order valence-electron chi connectivity index (χ1n) is 13.2. The predicted octanol–water partition coefficient (Wildman–Crippen LogP) is 6.05. The molecule has 5 rings (SSSR count). The third kappa shape index (κ3) is 5.02. The number of hydrogen-bond acceptors (Lipinski definition) is 5. The van der Waals surface area contributed by atoms with Gasteiger partial charge in [-0.2, -0.15) is 0 Å². The van der Waals surface area contributed by atoms with Gasteiger partial charge in [-0.15, -0.1) is 0 Å². The molecule has 9 heteroatoms. The summed E-state index contributed by atoms with van der Waals surface area (Å²) in [6.45, 7) is 7.02. The van der Waals surface area contributed by atoms with Crippen molar-refractivity contribution in [2.75, 3.05) is 24.3 Å². The Morgan fingerprint density at radius 1 is 1.15 bits per heavy atom. The van der Waals surface area contributed by atoms with Crippen LogP contribution in [-0.2, 0) is 10.2 Å². The summed E-state index contributed by atoms with van der Waals surface area (Å²) in [7, 11) is 1.42. The number of nitrogens with one attached hydrogen (secondary N) is 3. The highest BCUT2D eigenvalue weighted by molar-refractivity contribution is 6.30. The Balaban J connectivity index is 1.63. The predicted molar refractivity (Wildman–Crippen MR) is 154 cm³/mol. The molecule has 0 unspecified atom stereocenters. The maximum absolute atomic E-state index is 14.7. The fourth-order valence-corrected chi connectivity index (χ4v) is 6.55. The first-order valence-corrected chi connectivity index (χ1v) is 13.6. The van der Waals surface area contributed by atoms with E-state index in [4.69, 9.17) is 16.3 Å². The maximum atomic E-state index is 14.7. The summed E-state index contributed by atoms with van der Waals surface area (Å²) in [6.07, 6.45) is 0.753. The topological polar surface area (TPSA) is 99.7 Å². The lowest BCUT2D eigenvalue weighted by molar-refractivity contribution is -0.118. The van der Waals surface area contributed by atoms with Crippen molar-refractivity contribution in [2.45, 2.75) is 50.6 Å². The highest BCUT2D eigenvalue weighted by Crippen LogP contribution is 2.56. The molecule has 7 nitrogen and oxygen atoms in total. The SMILES string of the molecule is COc1cc(C(=O)O)ccc1NC(=O)[C@@H]1N[C@@H](CC(C)(C)C)[C@@]2(CNc3cc(Cl)ccc32)[C@H]1c1cccc(F)c1. The van der Waals surface area contributed by atoms with E-state index < -0.39 is 23.3 Å². The number of rotatable bonds is 6. The number of hydrogen-bond donors (Lipinski definition) is 4. The second kappa shape index (κ2) is 10.4. The lowest BCUT2D eigenvalue weighted by atomic mass is 9.63. The number of aromatic carboxylic acids is 1. The zero-order valence-electron chi connectivity index (χ0n) is 22.8. The van der Waals surface area contributed by atoms with Crippen molar-refractivity contribution in [3.63, 3.8) is 0 Å². The molecule has 3 aromatic rings. The first-order chi connectivity index (χ1) is 18.9. The van der Waals surface area contributed by atoms with E-state index in [9.17, 15) is 19.1 Å². The molecule has 1 fully saturated rings. The summed E-state index contributed by atoms with van der Waals surface area (Å²) in [5, 5.41) is 20.1. The van der Waals surface area contributed by atoms with Crippen molar-refractivity contribution in [1.29, 1.82) is 0 Å². The molecule has 2 heterocycles. The molecule has 2 aliphatic heterocycles. The van der Waals surface area contributed by atoms with Crippen LogP contribution >= 0.6 is 11.6 Å². The second-order valence-electron chi connectivity index (χ2n) is 11.8. The minimum atomic E-state index is -1.10. The van der Waals surface area contributed by atoms with Crippen LogP contribution in [0.2, 0.25) is 5.02 Å². The molecule has 0 radical (unpaired) electrons. The highest BCUT2D eigenvalue weighted by atomic mass is 35.5. The van der Waals surface area contributed by atoms with Crippen molar-refractivity contribution in [1.82, 2.24) is 5.32 Å². The fraction of sp³-hybridized carbons (Fsp3) is 0.355. The van der Waals surface area contributed by atoms with Gasteiger partial charge >= 0.3 is 5.97 Å². The first kappa shape index (κ1) is 27.9. The van der Waals surface area contributed by atoms with Crippen LogP contribution in [0.3, 0.4) is 0 Å². The quantitative estimate of drug-likeness (QED) is 0.290. The highest BCUT2D eigenvalue weighted by Gasteiger charge is 2.61. The van der Waals surface area contributed by atoms with Gasteiger partial charge in [0, 0.05) is 34.6 Å². The van der Waals surface area contributed by atoms with Crippen LogP contribution in [0.4, 0.5) is 15.8 Å². The largest absolute Gasteiger partial charge is 0.495 e. The molecule has 2 aliphatic rings. The van der Waals surface area contributed by atoms with E-state index >= 15 is 0 Å². The van der Waals surface area contributed by atoms with Crippen LogP contribution in [0.5, 0.6) is 5.75 Å². The van der Waals surface area contributed by atoms with E-state index in [1.165, 1.54) is 37.4 Å². The summed E-state index contributed by atoms with van der Waals surface area (Å²) < 4.78 is 20.1. The molecule has 4 atom stereocenters. The van der Waals surface area contributed by atoms with E-state index in [0.29, 0.717) is 22.8 Å². The zero-order valence-corrected chi connectivity index (χ0v) is 23.6. The number of fused-ring (bicyclic) bond motifs is 2. The molecule has 40 heavy (non-hydrogen) atoms. The summed E-state index contributed by atoms with van der Waals surface area (Å²) in [5.74, 6) is -2.00. The van der Waals surface area contributed by atoms with E-state index in [1.54, 1.807) is 6.07 Å². The van der Waals surface area contributed by atoms with Crippen molar-refractivity contribution in [3.8, 4) is 5.75 Å². The van der Waals surface area contributed by atoms with Gasteiger partial charge in [-0.05, 0) is 65.4 Å². The Kier molecular flexibility index (Phi) is 7.27. The Morgan fingerprint density at radius 2 is 1.93 bits per heavy atom. The molecule has 0 bridgehead atoms. The van der Waals surface area contributed by atoms with E-state index in [0.717, 1.165) is 17.7 Å². The van der Waals surface area contributed by atoms with Crippen LogP contribution in [-0.4, -0.2) is 42.7 Å². The van der Waals surface area contributed by atoms with Gasteiger partial charge in [0.2, 0.25) is 5.91 Å². The lowest BCUT2D eigenvalue weighted by Crippen LogP contribution is -2.46. The van der Waals surface area contributed by atoms with Crippen LogP contribution in [0.1, 0.15) is 54.6 Å². The van der Waals surface area contributed by atoms with Gasteiger partial charge in [0.15, 0.2) is 0 Å². The number of carbonyl (C=O) groups is 2. The number of halogens is 2. The average Bonchev–Trinajstić information content (AvgIpc) is 3.41. The molecule has 1 amide bonds. The van der Waals surface area contributed by atoms with Crippen LogP contribution < -0.4 is 20.7 Å². The Morgan fingerprint density at radius 3 is 2.60 bits per heavy atom. The number of carboxylic acids is 1. The Hall–Kier alpha value is -3.62. The number of methoxy groups -OCH3 is 1. The van der Waals surface area contributed by atoms with Gasteiger partial charge < -0.3 is 25.8 Å². The van der Waals surface area contributed by atoms with Crippen LogP contribution in [0.15, 0.2) is 60.7 Å². The van der Waals surface area contributed by atoms with Gasteiger partial charge in [0.25, 0.3) is 0 Å². The Labute approximate surface area is 238 Å². The summed E-state index contributed by atoms with van der Waals surface area (Å²) in [6, 6.07) is 15.6. The minimum Gasteiger partial charge on any atom is -0.495 e. The number of carbonyl (C=O) groups excluding carboxylic acids is 1. The zero-order chi connectivity index (χ0) is 28.8. The number of benzene rings is 3. The Bertz CT molecular complexity index is 1470. The van der Waals surface area contributed by atoms with Crippen molar-refractivity contribution >= 4 is 34.9 Å². The third-order valence-corrected chi connectivity index (χ3v) is 8.19. The lowest BCUT2D eigenvalue weighted by Gasteiger charge is -2.39. The molecular weight excluding hydrogens is 533 g/mol. The van der Waals surface area contributed by atoms with Gasteiger partial charge in [-0.3, -0.25) is 4.79 Å². The number of carboxylic acid groups (broad SMARTS) is 1. The second-order valence-corrected chi connectivity index (χ2v) is 12.2. The minimum absolute atomic E-state index is 0.0444. The molecule has 3 aromatic carbocycles. The molecule has 0 saturated carbocycles. The number of amides is 1. The standard InChI is InChI=1S/C31H33ClFN3O4/c1-30(2,3)15-25-31(16-34-23-14-19(32)9-10-21(23)31)26(17-6-5-7-20(33)12-17)27(36-25)28(37)35-22-11-8-18(29(38)39)13-24(22)40-4/h5-14,25-27,34,36H,15-16H2,1-4H3,(H,35,37)(H,38,39)/t25-,26-,27+,31-/m0/s1. The van der Waals surface area contributed by atoms with Crippen LogP contribution in [0.25, 0.3) is 0 Å². The summed E-state index contributed by atoms with van der Waals surface area (Å²) in [4.78, 5) is 25.6. The smallest absolute Gasteiger partial charge is 0.335 e. The molecular formula is C31H33ClFN3O4. The van der Waals surface area contributed by atoms with E-state index in [2.05, 4.69) is 36.7 Å². The van der Waals surface area contributed by atoms with Crippen molar-refractivity contribution in [2.24, 2.45) is 5.41 Å². The fourth-order valence-electron chi connectivity index (χ4n) is 6.38. The van der Waals surface area contributed by atoms with Gasteiger partial charge in [-0.25, -0.2) is 9.18 Å². The van der Waals surface area contributed by atoms with Gasteiger partial charge in [0.1, 0.15) is 11.6 Å². The number of anilines is 2. The molecule has 1 spiro atoms. The van der Waals surface area contributed by atoms with Crippen molar-refractivity contribution < 1.29 is 23.8 Å². The summed E-state index contributed by atoms with van der Waals surface area (Å²) in [5.41, 5.74) is 2.38. The average molecular weight is 566 g/mol. The monoisotopic (exact) mass is 565 g/mol. The molecule has 4 N–H and O–H groups in total. The molecule has 0 aliphatic carbocycles. The van der Waals surface area contributed by atoms with Crippen LogP contribution in [0, 0.1) is 11.2 Å².